The lowest BCUT2D eigenvalue weighted by molar-refractivity contribution is 0.129. The highest BCUT2D eigenvalue weighted by Crippen LogP contribution is 2.58. The average Bonchev–Trinajstić information content (AvgIpc) is 3.08. The Bertz CT molecular complexity index is 1150. The summed E-state index contributed by atoms with van der Waals surface area (Å²) in [7, 11) is -1.98. The first-order valence-corrected chi connectivity index (χ1v) is 17.1. The fraction of sp³-hybridized carbons (Fsp3) is 0.588. The molecule has 0 amide bonds. The van der Waals surface area contributed by atoms with Crippen molar-refractivity contribution in [2.45, 2.75) is 117 Å². The van der Waals surface area contributed by atoms with E-state index in [-0.39, 0.29) is 16.4 Å². The molecule has 4 rings (SSSR count). The summed E-state index contributed by atoms with van der Waals surface area (Å²) >= 11 is 0. The van der Waals surface area contributed by atoms with Crippen LogP contribution in [0, 0.1) is 11.8 Å². The fourth-order valence-electron chi connectivity index (χ4n) is 7.02. The Labute approximate surface area is 222 Å². The highest BCUT2D eigenvalue weighted by Gasteiger charge is 2.51. The number of benzene rings is 2. The molecule has 2 aliphatic rings. The maximum atomic E-state index is 6.95. The zero-order chi connectivity index (χ0) is 26.8. The molecule has 0 spiro atoms. The van der Waals surface area contributed by atoms with E-state index in [4.69, 9.17) is 4.74 Å². The minimum absolute atomic E-state index is 0.00851. The van der Waals surface area contributed by atoms with Crippen LogP contribution in [0.15, 0.2) is 42.5 Å². The Kier molecular flexibility index (Phi) is 6.73. The van der Waals surface area contributed by atoms with Crippen molar-refractivity contribution in [3.05, 3.63) is 64.7 Å². The van der Waals surface area contributed by atoms with Gasteiger partial charge in [0.25, 0.3) is 0 Å². The molecule has 1 fully saturated rings. The van der Waals surface area contributed by atoms with Gasteiger partial charge in [-0.05, 0) is 88.8 Å². The highest BCUT2D eigenvalue weighted by molar-refractivity contribution is 6.91. The van der Waals surface area contributed by atoms with Crippen LogP contribution in [0.2, 0.25) is 18.6 Å². The molecule has 2 aromatic carbocycles. The molecule has 2 aromatic rings. The second-order valence-electron chi connectivity index (χ2n) is 15.2. The quantitative estimate of drug-likeness (QED) is 0.380. The van der Waals surface area contributed by atoms with Crippen LogP contribution in [0.4, 0.5) is 0 Å². The molecular weight excluding hydrogens is 452 g/mol. The summed E-state index contributed by atoms with van der Waals surface area (Å²) in [5, 5.41) is 1.53. The second-order valence-corrected chi connectivity index (χ2v) is 19.9. The second kappa shape index (κ2) is 8.90. The van der Waals surface area contributed by atoms with E-state index in [2.05, 4.69) is 131 Å². The molecule has 196 valence electrons. The summed E-state index contributed by atoms with van der Waals surface area (Å²) in [6, 6.07) is 14.1. The van der Waals surface area contributed by atoms with Crippen molar-refractivity contribution in [2.75, 3.05) is 0 Å². The monoisotopic (exact) mass is 502 g/mol. The van der Waals surface area contributed by atoms with E-state index in [1.807, 2.05) is 0 Å². The van der Waals surface area contributed by atoms with Crippen LogP contribution in [0.25, 0.3) is 6.08 Å². The average molecular weight is 503 g/mol. The predicted octanol–water partition coefficient (Wildman–Crippen LogP) is 9.21. The molecule has 36 heavy (non-hydrogen) atoms. The largest absolute Gasteiger partial charge is 0.488 e. The zero-order valence-electron chi connectivity index (χ0n) is 25.0. The van der Waals surface area contributed by atoms with Crippen LogP contribution in [0.5, 0.6) is 5.75 Å². The van der Waals surface area contributed by atoms with Gasteiger partial charge in [-0.15, -0.1) is 0 Å². The van der Waals surface area contributed by atoms with Crippen molar-refractivity contribution in [2.24, 2.45) is 11.8 Å². The first-order chi connectivity index (χ1) is 16.4. The third kappa shape index (κ3) is 5.00. The van der Waals surface area contributed by atoms with Gasteiger partial charge in [-0.2, -0.15) is 0 Å². The molecule has 0 N–H and O–H groups in total. The maximum Gasteiger partial charge on any atom is 0.123 e. The van der Waals surface area contributed by atoms with Crippen LogP contribution in [-0.2, 0) is 10.8 Å². The number of rotatable bonds is 3. The normalized spacial score (nSPS) is 24.4. The summed E-state index contributed by atoms with van der Waals surface area (Å²) < 4.78 is 6.95. The number of hydrogen-bond donors (Lipinski definition) is 0. The topological polar surface area (TPSA) is 9.23 Å². The number of hydrogen-bond acceptors (Lipinski definition) is 1. The summed E-state index contributed by atoms with van der Waals surface area (Å²) in [6.07, 6.45) is 6.26. The standard InChI is InChI=1S/C34H50OSi/c1-22-19-27-25-16-14-13-15-23(25)17-18-26(27)31(22)36(11,12)29-21-24(32(2,3)4)20-28(33(5,6)7)30(29)35-34(8,9)10/h13-18,20-22,26-27,31H,19H2,1-12H3. The van der Waals surface area contributed by atoms with E-state index < -0.39 is 8.07 Å². The van der Waals surface area contributed by atoms with Crippen molar-refractivity contribution in [1.82, 2.24) is 0 Å². The van der Waals surface area contributed by atoms with E-state index in [1.165, 1.54) is 34.0 Å². The van der Waals surface area contributed by atoms with Gasteiger partial charge in [-0.25, -0.2) is 0 Å². The van der Waals surface area contributed by atoms with Crippen molar-refractivity contribution in [1.29, 1.82) is 0 Å². The molecule has 1 saturated carbocycles. The Balaban J connectivity index is 1.93. The summed E-state index contributed by atoms with van der Waals surface area (Å²) in [5.41, 5.74) is 6.33. The van der Waals surface area contributed by atoms with Crippen LogP contribution in [-0.4, -0.2) is 13.7 Å². The molecule has 1 nitrogen and oxygen atoms in total. The van der Waals surface area contributed by atoms with Crippen LogP contribution in [0.3, 0.4) is 0 Å². The van der Waals surface area contributed by atoms with Gasteiger partial charge in [0.1, 0.15) is 11.4 Å². The molecule has 4 unspecified atom stereocenters. The lowest BCUT2D eigenvalue weighted by Crippen LogP contribution is -2.51. The highest BCUT2D eigenvalue weighted by atomic mass is 28.3. The number of fused-ring (bicyclic) bond motifs is 3. The van der Waals surface area contributed by atoms with Crippen molar-refractivity contribution in [3.8, 4) is 5.75 Å². The van der Waals surface area contributed by atoms with Gasteiger partial charge in [0.05, 0.1) is 8.07 Å². The molecule has 0 bridgehead atoms. The molecule has 4 atom stereocenters. The zero-order valence-corrected chi connectivity index (χ0v) is 26.0. The summed E-state index contributed by atoms with van der Waals surface area (Å²) in [4.78, 5) is 0. The van der Waals surface area contributed by atoms with E-state index in [1.54, 1.807) is 5.56 Å². The third-order valence-corrected chi connectivity index (χ3v) is 13.1. The first kappa shape index (κ1) is 27.2. The van der Waals surface area contributed by atoms with Gasteiger partial charge in [-0.3, -0.25) is 0 Å². The maximum absolute atomic E-state index is 6.95. The van der Waals surface area contributed by atoms with Crippen LogP contribution < -0.4 is 9.92 Å². The van der Waals surface area contributed by atoms with Crippen molar-refractivity contribution in [3.63, 3.8) is 0 Å². The molecule has 0 aromatic heterocycles. The predicted molar refractivity (Wildman–Crippen MR) is 161 cm³/mol. The summed E-state index contributed by atoms with van der Waals surface area (Å²) in [6.45, 7) is 28.5. The minimum atomic E-state index is -1.98. The molecule has 2 aliphatic carbocycles. The van der Waals surface area contributed by atoms with Crippen molar-refractivity contribution >= 4 is 19.3 Å². The van der Waals surface area contributed by atoms with Gasteiger partial charge in [0, 0.05) is 0 Å². The Morgan fingerprint density at radius 3 is 2.08 bits per heavy atom. The van der Waals surface area contributed by atoms with Gasteiger partial charge in [0.2, 0.25) is 0 Å². The molecule has 0 saturated heterocycles. The molecule has 2 heteroatoms. The van der Waals surface area contributed by atoms with Crippen LogP contribution >= 0.6 is 0 Å². The molecule has 0 aliphatic heterocycles. The van der Waals surface area contributed by atoms with Gasteiger partial charge in [-0.1, -0.05) is 110 Å². The molecule has 0 radical (unpaired) electrons. The summed E-state index contributed by atoms with van der Waals surface area (Å²) in [5.74, 6) is 3.11. The Morgan fingerprint density at radius 1 is 0.861 bits per heavy atom. The minimum Gasteiger partial charge on any atom is -0.488 e. The SMILES string of the molecule is CC1CC2c3ccccc3C=CC2C1[Si](C)(C)c1cc(C(C)(C)C)cc(C(C)(C)C)c1OC(C)(C)C. The molecule has 0 heterocycles. The number of ether oxygens (including phenoxy) is 1. The lowest BCUT2D eigenvalue weighted by Gasteiger charge is -2.42. The van der Waals surface area contributed by atoms with Gasteiger partial charge >= 0.3 is 0 Å². The van der Waals surface area contributed by atoms with Gasteiger partial charge < -0.3 is 4.74 Å². The van der Waals surface area contributed by atoms with Gasteiger partial charge in [0.15, 0.2) is 0 Å². The van der Waals surface area contributed by atoms with Crippen LogP contribution in [0.1, 0.15) is 104 Å². The number of allylic oxidation sites excluding steroid dienone is 1. The lowest BCUT2D eigenvalue weighted by atomic mass is 9.80. The van der Waals surface area contributed by atoms with Crippen molar-refractivity contribution < 1.29 is 4.74 Å². The Hall–Kier alpha value is -1.80. The van der Waals surface area contributed by atoms with E-state index >= 15 is 0 Å². The third-order valence-electron chi connectivity index (χ3n) is 8.71. The molecular formula is C34H50OSi. The Morgan fingerprint density at radius 2 is 1.50 bits per heavy atom. The van der Waals surface area contributed by atoms with E-state index in [9.17, 15) is 0 Å². The van der Waals surface area contributed by atoms with E-state index in [0.717, 1.165) is 0 Å². The van der Waals surface area contributed by atoms with E-state index in [0.29, 0.717) is 23.3 Å². The first-order valence-electron chi connectivity index (χ1n) is 14.1. The smallest absolute Gasteiger partial charge is 0.123 e. The fourth-order valence-corrected chi connectivity index (χ4v) is 11.5.